The smallest absolute Gasteiger partial charge is 0.332 e. The molecule has 0 aromatic rings. The average molecular weight is 204 g/mol. The van der Waals surface area contributed by atoms with Crippen LogP contribution in [0.15, 0.2) is 0 Å². The van der Waals surface area contributed by atoms with Gasteiger partial charge >= 0.3 is 5.97 Å². The molecular formula is C8H16N2O4. The van der Waals surface area contributed by atoms with Gasteiger partial charge < -0.3 is 10.8 Å². The molecule has 0 radical (unpaired) electrons. The van der Waals surface area contributed by atoms with Crippen LogP contribution in [0.1, 0.15) is 19.8 Å². The molecule has 0 spiro atoms. The van der Waals surface area contributed by atoms with E-state index in [2.05, 4.69) is 4.84 Å². The van der Waals surface area contributed by atoms with E-state index < -0.39 is 12.6 Å². The normalized spacial score (nSPS) is 12.1. The van der Waals surface area contributed by atoms with Crippen molar-refractivity contribution in [3.8, 4) is 0 Å². The van der Waals surface area contributed by atoms with Gasteiger partial charge in [-0.05, 0) is 12.5 Å². The van der Waals surface area contributed by atoms with Crippen LogP contribution in [0.3, 0.4) is 0 Å². The monoisotopic (exact) mass is 204 g/mol. The molecule has 6 nitrogen and oxygen atoms in total. The van der Waals surface area contributed by atoms with Crippen LogP contribution in [-0.4, -0.2) is 30.1 Å². The molecule has 0 rings (SSSR count). The van der Waals surface area contributed by atoms with Crippen LogP contribution in [-0.2, 0) is 14.4 Å². The van der Waals surface area contributed by atoms with Crippen molar-refractivity contribution >= 4 is 11.9 Å². The fourth-order valence-electron chi connectivity index (χ4n) is 0.877. The lowest BCUT2D eigenvalue weighted by atomic mass is 10.0. The summed E-state index contributed by atoms with van der Waals surface area (Å²) in [6.07, 6.45) is 1.06. The van der Waals surface area contributed by atoms with Gasteiger partial charge in [0.15, 0.2) is 6.61 Å². The minimum Gasteiger partial charge on any atom is -0.479 e. The number of rotatable bonds is 7. The molecule has 1 atom stereocenters. The maximum Gasteiger partial charge on any atom is 0.332 e. The molecule has 0 aliphatic carbocycles. The largest absolute Gasteiger partial charge is 0.479 e. The number of aliphatic carboxylic acids is 1. The third kappa shape index (κ3) is 6.38. The molecule has 82 valence electrons. The highest BCUT2D eigenvalue weighted by molar-refractivity contribution is 5.75. The van der Waals surface area contributed by atoms with Crippen molar-refractivity contribution in [3.63, 3.8) is 0 Å². The molecule has 6 heteroatoms. The first-order chi connectivity index (χ1) is 6.60. The summed E-state index contributed by atoms with van der Waals surface area (Å²) in [6.45, 7) is 1.83. The van der Waals surface area contributed by atoms with Crippen molar-refractivity contribution < 1.29 is 19.5 Å². The summed E-state index contributed by atoms with van der Waals surface area (Å²) in [4.78, 5) is 25.5. The van der Waals surface area contributed by atoms with Crippen LogP contribution >= 0.6 is 0 Å². The van der Waals surface area contributed by atoms with Crippen molar-refractivity contribution in [2.75, 3.05) is 13.2 Å². The molecule has 14 heavy (non-hydrogen) atoms. The number of carboxylic acid groups (broad SMARTS) is 1. The first-order valence-electron chi connectivity index (χ1n) is 4.42. The molecule has 1 unspecified atom stereocenters. The molecule has 1 amide bonds. The number of hydroxylamine groups is 1. The molecule has 0 aromatic heterocycles. The van der Waals surface area contributed by atoms with Gasteiger partial charge in [0.1, 0.15) is 0 Å². The standard InChI is InChI=1S/C8H16N2O4/c1-2-6(4-9)3-7(11)10-14-5-8(12)13/h6H,2-5,9H2,1H3,(H,10,11)(H,12,13). The Balaban J connectivity index is 3.59. The summed E-state index contributed by atoms with van der Waals surface area (Å²) in [6, 6.07) is 0. The molecule has 0 aliphatic rings. The molecule has 0 saturated carbocycles. The van der Waals surface area contributed by atoms with E-state index in [1.165, 1.54) is 0 Å². The SMILES string of the molecule is CCC(CN)CC(=O)NOCC(=O)O. The summed E-state index contributed by atoms with van der Waals surface area (Å²) in [5, 5.41) is 8.20. The third-order valence-electron chi connectivity index (χ3n) is 1.77. The molecule has 0 fully saturated rings. The van der Waals surface area contributed by atoms with Crippen molar-refractivity contribution in [1.29, 1.82) is 0 Å². The first kappa shape index (κ1) is 12.9. The molecular weight excluding hydrogens is 188 g/mol. The molecule has 0 bridgehead atoms. The number of amides is 1. The highest BCUT2D eigenvalue weighted by Crippen LogP contribution is 2.04. The van der Waals surface area contributed by atoms with Crippen LogP contribution in [0.4, 0.5) is 0 Å². The van der Waals surface area contributed by atoms with Crippen molar-refractivity contribution in [2.24, 2.45) is 11.7 Å². The summed E-state index contributed by atoms with van der Waals surface area (Å²) in [7, 11) is 0. The Bertz CT molecular complexity index is 192. The van der Waals surface area contributed by atoms with Crippen LogP contribution in [0.5, 0.6) is 0 Å². The second kappa shape index (κ2) is 7.28. The fraction of sp³-hybridized carbons (Fsp3) is 0.750. The van der Waals surface area contributed by atoms with E-state index >= 15 is 0 Å². The Morgan fingerprint density at radius 1 is 1.57 bits per heavy atom. The fourth-order valence-corrected chi connectivity index (χ4v) is 0.877. The molecule has 0 saturated heterocycles. The number of carbonyl (C=O) groups excluding carboxylic acids is 1. The molecule has 0 aliphatic heterocycles. The van der Waals surface area contributed by atoms with Crippen LogP contribution in [0, 0.1) is 5.92 Å². The maximum absolute atomic E-state index is 11.1. The number of nitrogens with two attached hydrogens (primary N) is 1. The zero-order chi connectivity index (χ0) is 11.0. The van der Waals surface area contributed by atoms with E-state index in [0.29, 0.717) is 6.54 Å². The number of nitrogens with one attached hydrogen (secondary N) is 1. The van der Waals surface area contributed by atoms with Gasteiger partial charge in [-0.2, -0.15) is 0 Å². The predicted molar refractivity (Wildman–Crippen MR) is 49.2 cm³/mol. The quantitative estimate of drug-likeness (QED) is 0.485. The van der Waals surface area contributed by atoms with Gasteiger partial charge in [-0.25, -0.2) is 10.3 Å². The van der Waals surface area contributed by atoms with Gasteiger partial charge in [0.05, 0.1) is 0 Å². The van der Waals surface area contributed by atoms with E-state index in [0.717, 1.165) is 6.42 Å². The highest BCUT2D eigenvalue weighted by atomic mass is 16.7. The topological polar surface area (TPSA) is 102 Å². The van der Waals surface area contributed by atoms with Crippen molar-refractivity contribution in [2.45, 2.75) is 19.8 Å². The van der Waals surface area contributed by atoms with E-state index in [1.54, 1.807) is 0 Å². The van der Waals surface area contributed by atoms with Gasteiger partial charge in [-0.15, -0.1) is 0 Å². The van der Waals surface area contributed by atoms with Gasteiger partial charge in [-0.3, -0.25) is 9.63 Å². The highest BCUT2D eigenvalue weighted by Gasteiger charge is 2.10. The predicted octanol–water partition coefficient (Wildman–Crippen LogP) is -0.506. The zero-order valence-corrected chi connectivity index (χ0v) is 8.16. The Kier molecular flexibility index (Phi) is 6.69. The lowest BCUT2D eigenvalue weighted by Gasteiger charge is -2.10. The number of carboxylic acids is 1. The van der Waals surface area contributed by atoms with Gasteiger partial charge in [0.2, 0.25) is 5.91 Å². The first-order valence-corrected chi connectivity index (χ1v) is 4.42. The van der Waals surface area contributed by atoms with Crippen molar-refractivity contribution in [1.82, 2.24) is 5.48 Å². The van der Waals surface area contributed by atoms with E-state index in [1.807, 2.05) is 12.4 Å². The van der Waals surface area contributed by atoms with Gasteiger partial charge in [0, 0.05) is 6.42 Å². The molecule has 0 aromatic carbocycles. The Morgan fingerprint density at radius 3 is 2.64 bits per heavy atom. The summed E-state index contributed by atoms with van der Waals surface area (Å²) in [5.74, 6) is -1.36. The second-order valence-electron chi connectivity index (χ2n) is 2.92. The molecule has 4 N–H and O–H groups in total. The zero-order valence-electron chi connectivity index (χ0n) is 8.16. The van der Waals surface area contributed by atoms with Crippen LogP contribution in [0.25, 0.3) is 0 Å². The average Bonchev–Trinajstić information content (AvgIpc) is 2.13. The number of hydrogen-bond acceptors (Lipinski definition) is 4. The van der Waals surface area contributed by atoms with E-state index in [9.17, 15) is 9.59 Å². The lowest BCUT2D eigenvalue weighted by molar-refractivity contribution is -0.149. The van der Waals surface area contributed by atoms with Gasteiger partial charge in [-0.1, -0.05) is 13.3 Å². The third-order valence-corrected chi connectivity index (χ3v) is 1.77. The van der Waals surface area contributed by atoms with Crippen LogP contribution < -0.4 is 11.2 Å². The van der Waals surface area contributed by atoms with Gasteiger partial charge in [0.25, 0.3) is 0 Å². The lowest BCUT2D eigenvalue weighted by Crippen LogP contribution is -2.29. The summed E-state index contributed by atoms with van der Waals surface area (Å²) >= 11 is 0. The Morgan fingerprint density at radius 2 is 2.21 bits per heavy atom. The second-order valence-corrected chi connectivity index (χ2v) is 2.92. The minimum atomic E-state index is -1.13. The maximum atomic E-state index is 11.1. The van der Waals surface area contributed by atoms with E-state index in [-0.39, 0.29) is 18.2 Å². The van der Waals surface area contributed by atoms with E-state index in [4.69, 9.17) is 10.8 Å². The van der Waals surface area contributed by atoms with Crippen LogP contribution in [0.2, 0.25) is 0 Å². The Labute approximate surface area is 82.4 Å². The minimum absolute atomic E-state index is 0.114. The van der Waals surface area contributed by atoms with Crippen molar-refractivity contribution in [3.05, 3.63) is 0 Å². The number of carbonyl (C=O) groups is 2. The summed E-state index contributed by atoms with van der Waals surface area (Å²) in [5.41, 5.74) is 7.43. The number of hydrogen-bond donors (Lipinski definition) is 3. The molecule has 0 heterocycles. The summed E-state index contributed by atoms with van der Waals surface area (Å²) < 4.78 is 0. The Hall–Kier alpha value is -1.14.